The second-order valence-corrected chi connectivity index (χ2v) is 6.52. The van der Waals surface area contributed by atoms with Crippen LogP contribution >= 0.6 is 11.8 Å². The molecule has 0 aliphatic heterocycles. The molecule has 1 N–H and O–H groups in total. The molecule has 1 aliphatic rings. The van der Waals surface area contributed by atoms with Gasteiger partial charge in [0.2, 0.25) is 0 Å². The summed E-state index contributed by atoms with van der Waals surface area (Å²) in [4.78, 5) is 0. The highest BCUT2D eigenvalue weighted by Crippen LogP contribution is 2.38. The van der Waals surface area contributed by atoms with Crippen molar-refractivity contribution in [2.75, 3.05) is 12.3 Å². The van der Waals surface area contributed by atoms with E-state index in [1.54, 1.807) is 18.1 Å². The van der Waals surface area contributed by atoms with Crippen molar-refractivity contribution < 1.29 is 0 Å². The van der Waals surface area contributed by atoms with Gasteiger partial charge in [-0.05, 0) is 38.1 Å². The van der Waals surface area contributed by atoms with Gasteiger partial charge in [-0.1, -0.05) is 25.1 Å². The van der Waals surface area contributed by atoms with E-state index in [9.17, 15) is 5.26 Å². The smallest absolute Gasteiger partial charge is 0.190 e. The van der Waals surface area contributed by atoms with Gasteiger partial charge in [0.1, 0.15) is 11.9 Å². The lowest BCUT2D eigenvalue weighted by Gasteiger charge is -2.29. The van der Waals surface area contributed by atoms with Gasteiger partial charge >= 0.3 is 0 Å². The van der Waals surface area contributed by atoms with Gasteiger partial charge in [0.05, 0.1) is 6.07 Å². The molecule has 0 radical (unpaired) electrons. The van der Waals surface area contributed by atoms with Crippen molar-refractivity contribution in [1.29, 1.82) is 5.26 Å². The van der Waals surface area contributed by atoms with Crippen molar-refractivity contribution in [1.82, 2.24) is 20.1 Å². The Morgan fingerprint density at radius 2 is 2.50 bits per heavy atom. The first-order chi connectivity index (χ1) is 9.72. The van der Waals surface area contributed by atoms with Crippen LogP contribution in [0.3, 0.4) is 0 Å². The van der Waals surface area contributed by atoms with Crippen LogP contribution < -0.4 is 5.32 Å². The average molecular weight is 293 g/mol. The highest BCUT2D eigenvalue weighted by Gasteiger charge is 2.42. The highest BCUT2D eigenvalue weighted by molar-refractivity contribution is 7.99. The molecule has 1 saturated carbocycles. The van der Waals surface area contributed by atoms with Crippen LogP contribution in [0.2, 0.25) is 0 Å². The van der Waals surface area contributed by atoms with Crippen molar-refractivity contribution in [2.24, 2.45) is 13.0 Å². The van der Waals surface area contributed by atoms with E-state index in [-0.39, 0.29) is 5.54 Å². The van der Waals surface area contributed by atoms with E-state index < -0.39 is 0 Å². The minimum atomic E-state index is -0.295. The zero-order valence-corrected chi connectivity index (χ0v) is 13.1. The van der Waals surface area contributed by atoms with Crippen LogP contribution in [0.25, 0.3) is 0 Å². The molecule has 2 atom stereocenters. The molecule has 110 valence electrons. The Labute approximate surface area is 125 Å². The Morgan fingerprint density at radius 1 is 1.65 bits per heavy atom. The van der Waals surface area contributed by atoms with E-state index in [0.717, 1.165) is 49.6 Å². The van der Waals surface area contributed by atoms with Crippen LogP contribution in [-0.2, 0) is 7.05 Å². The van der Waals surface area contributed by atoms with Crippen LogP contribution in [-0.4, -0.2) is 32.6 Å². The summed E-state index contributed by atoms with van der Waals surface area (Å²) in [7, 11) is 1.96. The molecule has 1 aromatic rings. The molecule has 0 aromatic carbocycles. The van der Waals surface area contributed by atoms with Crippen LogP contribution in [0.4, 0.5) is 0 Å². The topological polar surface area (TPSA) is 66.5 Å². The fourth-order valence-corrected chi connectivity index (χ4v) is 3.87. The molecule has 0 saturated heterocycles. The average Bonchev–Trinajstić information content (AvgIpc) is 3.04. The predicted molar refractivity (Wildman–Crippen MR) is 80.3 cm³/mol. The van der Waals surface area contributed by atoms with Gasteiger partial charge in [-0.25, -0.2) is 0 Å². The third-order valence-corrected chi connectivity index (χ3v) is 5.15. The summed E-state index contributed by atoms with van der Waals surface area (Å²) in [5.74, 6) is 1.45. The quantitative estimate of drug-likeness (QED) is 0.782. The third-order valence-electron chi connectivity index (χ3n) is 4.08. The summed E-state index contributed by atoms with van der Waals surface area (Å²) >= 11 is 1.73. The summed E-state index contributed by atoms with van der Waals surface area (Å²) in [6.07, 6.45) is 7.15. The van der Waals surface area contributed by atoms with Gasteiger partial charge in [0.25, 0.3) is 0 Å². The molecule has 2 unspecified atom stereocenters. The van der Waals surface area contributed by atoms with Crippen LogP contribution in [0, 0.1) is 17.2 Å². The lowest BCUT2D eigenvalue weighted by molar-refractivity contribution is 0.311. The molecule has 5 nitrogen and oxygen atoms in total. The van der Waals surface area contributed by atoms with Crippen LogP contribution in [0.5, 0.6) is 0 Å². The van der Waals surface area contributed by atoms with Crippen molar-refractivity contribution in [2.45, 2.75) is 49.7 Å². The second kappa shape index (κ2) is 7.09. The number of nitrogens with zero attached hydrogens (tertiary/aromatic N) is 4. The Bertz CT molecular complexity index is 466. The fraction of sp³-hybridized carbons (Fsp3) is 0.786. The van der Waals surface area contributed by atoms with Gasteiger partial charge in [-0.15, -0.1) is 10.2 Å². The summed E-state index contributed by atoms with van der Waals surface area (Å²) < 4.78 is 1.94. The van der Waals surface area contributed by atoms with Gasteiger partial charge in [0, 0.05) is 12.8 Å². The predicted octanol–water partition coefficient (Wildman–Crippen LogP) is 2.36. The van der Waals surface area contributed by atoms with Crippen molar-refractivity contribution >= 4 is 11.8 Å². The zero-order valence-electron chi connectivity index (χ0n) is 12.3. The summed E-state index contributed by atoms with van der Waals surface area (Å²) in [6, 6.07) is 2.56. The van der Waals surface area contributed by atoms with E-state index in [1.165, 1.54) is 0 Å². The number of aryl methyl sites for hydroxylation is 1. The fourth-order valence-electron chi connectivity index (χ4n) is 2.93. The maximum Gasteiger partial charge on any atom is 0.190 e. The van der Waals surface area contributed by atoms with Crippen molar-refractivity contribution in [3.8, 4) is 6.07 Å². The molecule has 1 aromatic heterocycles. The second-order valence-electron chi connectivity index (χ2n) is 5.46. The number of hydrogen-bond donors (Lipinski definition) is 1. The molecule has 1 fully saturated rings. The number of rotatable bonds is 7. The van der Waals surface area contributed by atoms with Crippen molar-refractivity contribution in [3.63, 3.8) is 0 Å². The highest BCUT2D eigenvalue weighted by atomic mass is 32.2. The first kappa shape index (κ1) is 15.3. The monoisotopic (exact) mass is 293 g/mol. The summed E-state index contributed by atoms with van der Waals surface area (Å²) in [6.45, 7) is 3.08. The van der Waals surface area contributed by atoms with E-state index in [1.807, 2.05) is 11.6 Å². The summed E-state index contributed by atoms with van der Waals surface area (Å²) in [5.41, 5.74) is -0.295. The van der Waals surface area contributed by atoms with E-state index in [0.29, 0.717) is 5.92 Å². The number of nitriles is 1. The minimum absolute atomic E-state index is 0.295. The van der Waals surface area contributed by atoms with E-state index in [4.69, 9.17) is 0 Å². The standard InChI is InChI=1S/C14H23N5S/c1-3-8-16-14(10-15)7-4-5-12(14)6-9-20-13-18-17-11-19(13)2/h11-12,16H,3-9H2,1-2H3. The number of thioether (sulfide) groups is 1. The Morgan fingerprint density at radius 3 is 3.15 bits per heavy atom. The first-order valence-corrected chi connectivity index (χ1v) is 8.33. The molecule has 0 bridgehead atoms. The van der Waals surface area contributed by atoms with E-state index >= 15 is 0 Å². The molecule has 1 heterocycles. The Hall–Kier alpha value is -1.06. The van der Waals surface area contributed by atoms with Gasteiger partial charge in [-0.3, -0.25) is 5.32 Å². The zero-order chi connectivity index (χ0) is 14.4. The number of aromatic nitrogens is 3. The van der Waals surface area contributed by atoms with Crippen molar-refractivity contribution in [3.05, 3.63) is 6.33 Å². The molecule has 20 heavy (non-hydrogen) atoms. The molecule has 6 heteroatoms. The number of nitrogens with one attached hydrogen (secondary N) is 1. The lowest BCUT2D eigenvalue weighted by atomic mass is 9.86. The maximum atomic E-state index is 9.60. The van der Waals surface area contributed by atoms with Crippen LogP contribution in [0.1, 0.15) is 39.0 Å². The van der Waals surface area contributed by atoms with Gasteiger partial charge < -0.3 is 4.57 Å². The Kier molecular flexibility index (Phi) is 5.44. The third kappa shape index (κ3) is 3.33. The molecule has 2 rings (SSSR count). The number of hydrogen-bond acceptors (Lipinski definition) is 5. The Balaban J connectivity index is 1.87. The minimum Gasteiger partial charge on any atom is -0.312 e. The first-order valence-electron chi connectivity index (χ1n) is 7.35. The molecule has 0 spiro atoms. The lowest BCUT2D eigenvalue weighted by Crippen LogP contribution is -2.47. The molecule has 1 aliphatic carbocycles. The largest absolute Gasteiger partial charge is 0.312 e. The van der Waals surface area contributed by atoms with Gasteiger partial charge in [0.15, 0.2) is 5.16 Å². The van der Waals surface area contributed by atoms with Crippen LogP contribution in [0.15, 0.2) is 11.5 Å². The molecular formula is C14H23N5S. The SMILES string of the molecule is CCCNC1(C#N)CCCC1CCSc1nncn1C. The maximum absolute atomic E-state index is 9.60. The normalized spacial score (nSPS) is 25.8. The van der Waals surface area contributed by atoms with Gasteiger partial charge in [-0.2, -0.15) is 5.26 Å². The van der Waals surface area contributed by atoms with E-state index in [2.05, 4.69) is 28.5 Å². The molecule has 0 amide bonds. The summed E-state index contributed by atoms with van der Waals surface area (Å²) in [5, 5.41) is 22.0. The molecular weight excluding hydrogens is 270 g/mol.